The molecule has 1 aromatic carbocycles. The number of hydrogen-bond donors (Lipinski definition) is 1. The first-order chi connectivity index (χ1) is 8.01. The molecule has 0 aliphatic heterocycles. The lowest BCUT2D eigenvalue weighted by molar-refractivity contribution is 0.255. The molecule has 1 aromatic rings. The van der Waals surface area contributed by atoms with Crippen molar-refractivity contribution in [1.82, 2.24) is 0 Å². The molecule has 0 saturated heterocycles. The van der Waals surface area contributed by atoms with E-state index in [1.807, 2.05) is 13.0 Å². The van der Waals surface area contributed by atoms with Gasteiger partial charge < -0.3 is 10.5 Å². The summed E-state index contributed by atoms with van der Waals surface area (Å²) in [5.41, 5.74) is 6.59. The largest absolute Gasteiger partial charge is 0.493 e. The molecule has 2 atom stereocenters. The minimum Gasteiger partial charge on any atom is -0.493 e. The van der Waals surface area contributed by atoms with E-state index in [1.54, 1.807) is 0 Å². The third-order valence-electron chi connectivity index (χ3n) is 2.72. The SMILES string of the molecule is CCC(C)COc1cc(F)cc(CC(C)N)c1. The second-order valence-corrected chi connectivity index (χ2v) is 4.80. The van der Waals surface area contributed by atoms with Crippen LogP contribution in [-0.4, -0.2) is 12.6 Å². The third kappa shape index (κ3) is 5.18. The molecule has 2 N–H and O–H groups in total. The highest BCUT2D eigenvalue weighted by molar-refractivity contribution is 5.30. The molecule has 17 heavy (non-hydrogen) atoms. The smallest absolute Gasteiger partial charge is 0.127 e. The maximum atomic E-state index is 13.4. The number of hydrogen-bond acceptors (Lipinski definition) is 2. The van der Waals surface area contributed by atoms with Gasteiger partial charge in [-0.3, -0.25) is 0 Å². The molecule has 0 amide bonds. The summed E-state index contributed by atoms with van der Waals surface area (Å²) in [6.07, 6.45) is 1.72. The van der Waals surface area contributed by atoms with Crippen LogP contribution >= 0.6 is 0 Å². The van der Waals surface area contributed by atoms with Crippen molar-refractivity contribution in [3.05, 3.63) is 29.6 Å². The molecule has 0 radical (unpaired) electrons. The molecular formula is C14H22FNO. The van der Waals surface area contributed by atoms with E-state index in [0.29, 0.717) is 24.7 Å². The Labute approximate surface area is 103 Å². The number of halogens is 1. The summed E-state index contributed by atoms with van der Waals surface area (Å²) in [7, 11) is 0. The molecule has 0 aromatic heterocycles. The number of benzene rings is 1. The van der Waals surface area contributed by atoms with Gasteiger partial charge in [0, 0.05) is 12.1 Å². The summed E-state index contributed by atoms with van der Waals surface area (Å²) in [4.78, 5) is 0. The fourth-order valence-corrected chi connectivity index (χ4v) is 1.55. The van der Waals surface area contributed by atoms with Gasteiger partial charge in [0.2, 0.25) is 0 Å². The van der Waals surface area contributed by atoms with E-state index in [1.165, 1.54) is 12.1 Å². The van der Waals surface area contributed by atoms with Gasteiger partial charge in [-0.15, -0.1) is 0 Å². The van der Waals surface area contributed by atoms with Gasteiger partial charge in [0.25, 0.3) is 0 Å². The first kappa shape index (κ1) is 14.0. The lowest BCUT2D eigenvalue weighted by Gasteiger charge is -2.13. The maximum Gasteiger partial charge on any atom is 0.127 e. The normalized spacial score (nSPS) is 14.4. The molecule has 1 rings (SSSR count). The van der Waals surface area contributed by atoms with Crippen molar-refractivity contribution in [2.45, 2.75) is 39.7 Å². The average Bonchev–Trinajstić information content (AvgIpc) is 2.24. The minimum atomic E-state index is -0.262. The van der Waals surface area contributed by atoms with E-state index in [4.69, 9.17) is 10.5 Å². The Kier molecular flexibility index (Phi) is 5.42. The van der Waals surface area contributed by atoms with Crippen molar-refractivity contribution in [2.24, 2.45) is 11.7 Å². The summed E-state index contributed by atoms with van der Waals surface area (Å²) in [5, 5.41) is 0. The van der Waals surface area contributed by atoms with Crippen LogP contribution in [0.15, 0.2) is 18.2 Å². The zero-order valence-corrected chi connectivity index (χ0v) is 10.9. The molecule has 2 unspecified atom stereocenters. The first-order valence-corrected chi connectivity index (χ1v) is 6.19. The summed E-state index contributed by atoms with van der Waals surface area (Å²) >= 11 is 0. The molecule has 0 saturated carbocycles. The van der Waals surface area contributed by atoms with Crippen LogP contribution in [-0.2, 0) is 6.42 Å². The van der Waals surface area contributed by atoms with Gasteiger partial charge in [0.1, 0.15) is 11.6 Å². The van der Waals surface area contributed by atoms with Crippen LogP contribution < -0.4 is 10.5 Å². The van der Waals surface area contributed by atoms with Gasteiger partial charge >= 0.3 is 0 Å². The fraction of sp³-hybridized carbons (Fsp3) is 0.571. The van der Waals surface area contributed by atoms with Gasteiger partial charge in [-0.1, -0.05) is 20.3 Å². The van der Waals surface area contributed by atoms with Crippen LogP contribution in [0.4, 0.5) is 4.39 Å². The molecule has 0 aliphatic carbocycles. The van der Waals surface area contributed by atoms with Crippen molar-refractivity contribution in [1.29, 1.82) is 0 Å². The molecule has 0 bridgehead atoms. The standard InChI is InChI=1S/C14H22FNO/c1-4-10(2)9-17-14-7-12(5-11(3)16)6-13(15)8-14/h6-8,10-11H,4-5,9,16H2,1-3H3. The van der Waals surface area contributed by atoms with Crippen molar-refractivity contribution < 1.29 is 9.13 Å². The number of ether oxygens (including phenoxy) is 1. The zero-order chi connectivity index (χ0) is 12.8. The van der Waals surface area contributed by atoms with E-state index >= 15 is 0 Å². The Bertz CT molecular complexity index is 352. The first-order valence-electron chi connectivity index (χ1n) is 6.19. The number of nitrogens with two attached hydrogens (primary N) is 1. The summed E-state index contributed by atoms with van der Waals surface area (Å²) < 4.78 is 18.9. The molecule has 3 heteroatoms. The van der Waals surface area contributed by atoms with E-state index in [2.05, 4.69) is 13.8 Å². The topological polar surface area (TPSA) is 35.2 Å². The molecular weight excluding hydrogens is 217 g/mol. The van der Waals surface area contributed by atoms with Crippen LogP contribution in [0.5, 0.6) is 5.75 Å². The van der Waals surface area contributed by atoms with Gasteiger partial charge in [0.15, 0.2) is 0 Å². The lowest BCUT2D eigenvalue weighted by Crippen LogP contribution is -2.18. The van der Waals surface area contributed by atoms with Crippen molar-refractivity contribution in [2.75, 3.05) is 6.61 Å². The highest BCUT2D eigenvalue weighted by atomic mass is 19.1. The lowest BCUT2D eigenvalue weighted by atomic mass is 10.1. The van der Waals surface area contributed by atoms with E-state index < -0.39 is 0 Å². The Morgan fingerprint density at radius 3 is 2.59 bits per heavy atom. The van der Waals surface area contributed by atoms with Gasteiger partial charge in [-0.25, -0.2) is 4.39 Å². The van der Waals surface area contributed by atoms with Crippen LogP contribution in [0.25, 0.3) is 0 Å². The second-order valence-electron chi connectivity index (χ2n) is 4.80. The Hall–Kier alpha value is -1.09. The molecule has 0 heterocycles. The van der Waals surface area contributed by atoms with E-state index in [0.717, 1.165) is 12.0 Å². The Balaban J connectivity index is 2.68. The molecule has 0 spiro atoms. The summed E-state index contributed by atoms with van der Waals surface area (Å²) in [6.45, 7) is 6.76. The molecule has 0 aliphatic rings. The van der Waals surface area contributed by atoms with Crippen LogP contribution in [0.1, 0.15) is 32.8 Å². The Morgan fingerprint density at radius 1 is 1.29 bits per heavy atom. The monoisotopic (exact) mass is 239 g/mol. The average molecular weight is 239 g/mol. The molecule has 2 nitrogen and oxygen atoms in total. The second kappa shape index (κ2) is 6.60. The van der Waals surface area contributed by atoms with Gasteiger partial charge in [0.05, 0.1) is 6.61 Å². The third-order valence-corrected chi connectivity index (χ3v) is 2.72. The Morgan fingerprint density at radius 2 is 2.00 bits per heavy atom. The predicted molar refractivity (Wildman–Crippen MR) is 68.7 cm³/mol. The molecule has 0 fully saturated rings. The highest BCUT2D eigenvalue weighted by Gasteiger charge is 2.06. The van der Waals surface area contributed by atoms with Crippen LogP contribution in [0.3, 0.4) is 0 Å². The van der Waals surface area contributed by atoms with Gasteiger partial charge in [-0.05, 0) is 37.0 Å². The van der Waals surface area contributed by atoms with E-state index in [-0.39, 0.29) is 11.9 Å². The summed E-state index contributed by atoms with van der Waals surface area (Å²) in [5.74, 6) is 0.818. The quantitative estimate of drug-likeness (QED) is 0.827. The summed E-state index contributed by atoms with van der Waals surface area (Å²) in [6, 6.07) is 4.83. The minimum absolute atomic E-state index is 0.0271. The van der Waals surface area contributed by atoms with Crippen molar-refractivity contribution in [3.63, 3.8) is 0 Å². The van der Waals surface area contributed by atoms with Gasteiger partial charge in [-0.2, -0.15) is 0 Å². The van der Waals surface area contributed by atoms with E-state index in [9.17, 15) is 4.39 Å². The fourth-order valence-electron chi connectivity index (χ4n) is 1.55. The predicted octanol–water partition coefficient (Wildman–Crippen LogP) is 3.14. The number of rotatable bonds is 6. The van der Waals surface area contributed by atoms with Crippen LogP contribution in [0.2, 0.25) is 0 Å². The van der Waals surface area contributed by atoms with Crippen molar-refractivity contribution >= 4 is 0 Å². The van der Waals surface area contributed by atoms with Crippen LogP contribution in [0, 0.1) is 11.7 Å². The zero-order valence-electron chi connectivity index (χ0n) is 10.9. The highest BCUT2D eigenvalue weighted by Crippen LogP contribution is 2.18. The van der Waals surface area contributed by atoms with Crippen molar-refractivity contribution in [3.8, 4) is 5.75 Å². The maximum absolute atomic E-state index is 13.4. The molecule has 96 valence electrons.